The van der Waals surface area contributed by atoms with E-state index in [1.807, 2.05) is 25.1 Å². The van der Waals surface area contributed by atoms with E-state index in [0.717, 1.165) is 22.9 Å². The van der Waals surface area contributed by atoms with E-state index in [4.69, 9.17) is 16.3 Å². The highest BCUT2D eigenvalue weighted by molar-refractivity contribution is 6.31. The fraction of sp³-hybridized carbons (Fsp3) is 0.294. The molecule has 0 heterocycles. The number of hydrogen-bond donors (Lipinski definition) is 1. The van der Waals surface area contributed by atoms with Crippen LogP contribution in [0, 0.1) is 6.92 Å². The van der Waals surface area contributed by atoms with Crippen LogP contribution in [0.4, 0.5) is 0 Å². The van der Waals surface area contributed by atoms with Crippen molar-refractivity contribution in [3.05, 3.63) is 64.2 Å². The molecule has 2 aromatic carbocycles. The zero-order valence-electron chi connectivity index (χ0n) is 12.1. The molecule has 0 aliphatic rings. The lowest BCUT2D eigenvalue weighted by Gasteiger charge is -2.20. The summed E-state index contributed by atoms with van der Waals surface area (Å²) in [6.07, 6.45) is 0. The molecule has 3 heteroatoms. The zero-order valence-corrected chi connectivity index (χ0v) is 12.9. The van der Waals surface area contributed by atoms with Gasteiger partial charge < -0.3 is 10.1 Å². The van der Waals surface area contributed by atoms with Gasteiger partial charge in [-0.25, -0.2) is 0 Å². The van der Waals surface area contributed by atoms with Crippen molar-refractivity contribution in [1.82, 2.24) is 5.32 Å². The van der Waals surface area contributed by atoms with Crippen LogP contribution in [0.3, 0.4) is 0 Å². The first-order valence-corrected chi connectivity index (χ1v) is 7.17. The first-order valence-electron chi connectivity index (χ1n) is 6.79. The largest absolute Gasteiger partial charge is 0.497 e. The Morgan fingerprint density at radius 3 is 2.30 bits per heavy atom. The Hall–Kier alpha value is -1.51. The van der Waals surface area contributed by atoms with Gasteiger partial charge in [0.05, 0.1) is 13.2 Å². The molecule has 1 N–H and O–H groups in total. The predicted molar refractivity (Wildman–Crippen MR) is 84.7 cm³/mol. The summed E-state index contributed by atoms with van der Waals surface area (Å²) in [6.45, 7) is 5.01. The van der Waals surface area contributed by atoms with Gasteiger partial charge in [0.25, 0.3) is 0 Å². The van der Waals surface area contributed by atoms with Gasteiger partial charge in [-0.3, -0.25) is 0 Å². The van der Waals surface area contributed by atoms with Gasteiger partial charge in [-0.05, 0) is 48.4 Å². The number of halogens is 1. The van der Waals surface area contributed by atoms with Crippen LogP contribution in [0.15, 0.2) is 42.5 Å². The van der Waals surface area contributed by atoms with Gasteiger partial charge in [0.15, 0.2) is 0 Å². The van der Waals surface area contributed by atoms with Crippen LogP contribution in [-0.4, -0.2) is 13.7 Å². The van der Waals surface area contributed by atoms with Crippen molar-refractivity contribution in [2.75, 3.05) is 13.7 Å². The Morgan fingerprint density at radius 1 is 1.10 bits per heavy atom. The number of nitrogens with one attached hydrogen (secondary N) is 1. The third kappa shape index (κ3) is 3.33. The molecule has 0 fully saturated rings. The molecule has 0 saturated carbocycles. The molecule has 0 amide bonds. The van der Waals surface area contributed by atoms with Crippen molar-refractivity contribution in [2.45, 2.75) is 19.9 Å². The Morgan fingerprint density at radius 2 is 1.75 bits per heavy atom. The summed E-state index contributed by atoms with van der Waals surface area (Å²) in [5.41, 5.74) is 3.47. The molecule has 0 saturated heterocycles. The first-order chi connectivity index (χ1) is 9.65. The predicted octanol–water partition coefficient (Wildman–Crippen LogP) is 4.36. The van der Waals surface area contributed by atoms with Crippen LogP contribution in [0.25, 0.3) is 0 Å². The van der Waals surface area contributed by atoms with E-state index in [-0.39, 0.29) is 6.04 Å². The Labute approximate surface area is 125 Å². The van der Waals surface area contributed by atoms with Crippen molar-refractivity contribution in [2.24, 2.45) is 0 Å². The molecule has 0 aliphatic heterocycles. The van der Waals surface area contributed by atoms with Crippen LogP contribution < -0.4 is 10.1 Å². The minimum atomic E-state index is 0.143. The molecule has 2 aromatic rings. The second-order valence-electron chi connectivity index (χ2n) is 4.77. The molecule has 0 aromatic heterocycles. The van der Waals surface area contributed by atoms with E-state index < -0.39 is 0 Å². The second-order valence-corrected chi connectivity index (χ2v) is 5.18. The van der Waals surface area contributed by atoms with Gasteiger partial charge in [0, 0.05) is 5.02 Å². The number of rotatable bonds is 5. The first kappa shape index (κ1) is 14.9. The number of methoxy groups -OCH3 is 1. The number of aryl methyl sites for hydroxylation is 1. The summed E-state index contributed by atoms with van der Waals surface area (Å²) in [7, 11) is 1.68. The molecule has 0 aliphatic carbocycles. The smallest absolute Gasteiger partial charge is 0.118 e. The monoisotopic (exact) mass is 289 g/mol. The van der Waals surface area contributed by atoms with E-state index in [9.17, 15) is 0 Å². The highest BCUT2D eigenvalue weighted by Crippen LogP contribution is 2.27. The summed E-state index contributed by atoms with van der Waals surface area (Å²) >= 11 is 6.25. The minimum absolute atomic E-state index is 0.143. The van der Waals surface area contributed by atoms with Crippen molar-refractivity contribution >= 4 is 11.6 Å². The quantitative estimate of drug-likeness (QED) is 0.883. The van der Waals surface area contributed by atoms with Crippen molar-refractivity contribution in [3.8, 4) is 5.75 Å². The van der Waals surface area contributed by atoms with Gasteiger partial charge >= 0.3 is 0 Å². The van der Waals surface area contributed by atoms with Crippen molar-refractivity contribution in [1.29, 1.82) is 0 Å². The van der Waals surface area contributed by atoms with Gasteiger partial charge in [0.2, 0.25) is 0 Å². The lowest BCUT2D eigenvalue weighted by atomic mass is 9.97. The fourth-order valence-electron chi connectivity index (χ4n) is 2.22. The Bertz CT molecular complexity index is 566. The lowest BCUT2D eigenvalue weighted by molar-refractivity contribution is 0.414. The Kier molecular flexibility index (Phi) is 5.05. The molecule has 2 nitrogen and oxygen atoms in total. The maximum atomic E-state index is 6.25. The van der Waals surface area contributed by atoms with Gasteiger partial charge in [-0.15, -0.1) is 0 Å². The zero-order chi connectivity index (χ0) is 14.5. The number of ether oxygens (including phenoxy) is 1. The summed E-state index contributed by atoms with van der Waals surface area (Å²) < 4.78 is 5.21. The number of benzene rings is 2. The Balaban J connectivity index is 2.35. The normalized spacial score (nSPS) is 12.2. The third-order valence-corrected chi connectivity index (χ3v) is 3.79. The number of hydrogen-bond acceptors (Lipinski definition) is 2. The van der Waals surface area contributed by atoms with Crippen LogP contribution in [0.2, 0.25) is 5.02 Å². The van der Waals surface area contributed by atoms with Crippen LogP contribution >= 0.6 is 11.6 Å². The molecular formula is C17H20ClNO. The van der Waals surface area contributed by atoms with Crippen LogP contribution in [0.1, 0.15) is 29.7 Å². The van der Waals surface area contributed by atoms with E-state index in [1.54, 1.807) is 7.11 Å². The molecule has 106 valence electrons. The van der Waals surface area contributed by atoms with E-state index in [0.29, 0.717) is 0 Å². The third-order valence-electron chi connectivity index (χ3n) is 3.39. The molecule has 0 radical (unpaired) electrons. The molecule has 1 atom stereocenters. The highest BCUT2D eigenvalue weighted by Gasteiger charge is 2.13. The molecular weight excluding hydrogens is 270 g/mol. The molecule has 0 bridgehead atoms. The standard InChI is InChI=1S/C17H20ClNO/c1-4-19-17(13-7-9-15(20-3)10-8-13)14-6-5-12(2)16(18)11-14/h5-11,17,19H,4H2,1-3H3. The molecule has 20 heavy (non-hydrogen) atoms. The van der Waals surface area contributed by atoms with Gasteiger partial charge in [0.1, 0.15) is 5.75 Å². The SMILES string of the molecule is CCNC(c1ccc(OC)cc1)c1ccc(C)c(Cl)c1. The van der Waals surface area contributed by atoms with Crippen molar-refractivity contribution in [3.63, 3.8) is 0 Å². The molecule has 2 rings (SSSR count). The lowest BCUT2D eigenvalue weighted by Crippen LogP contribution is -2.22. The van der Waals surface area contributed by atoms with Crippen LogP contribution in [0.5, 0.6) is 5.75 Å². The van der Waals surface area contributed by atoms with Gasteiger partial charge in [-0.1, -0.05) is 42.8 Å². The van der Waals surface area contributed by atoms with Crippen molar-refractivity contribution < 1.29 is 4.74 Å². The summed E-state index contributed by atoms with van der Waals surface area (Å²) in [5.74, 6) is 0.867. The van der Waals surface area contributed by atoms with E-state index in [2.05, 4.69) is 36.5 Å². The summed E-state index contributed by atoms with van der Waals surface area (Å²) in [4.78, 5) is 0. The fourth-order valence-corrected chi connectivity index (χ4v) is 2.41. The van der Waals surface area contributed by atoms with E-state index >= 15 is 0 Å². The molecule has 0 spiro atoms. The summed E-state index contributed by atoms with van der Waals surface area (Å²) in [6, 6.07) is 14.5. The van der Waals surface area contributed by atoms with E-state index in [1.165, 1.54) is 11.1 Å². The second kappa shape index (κ2) is 6.78. The average molecular weight is 290 g/mol. The minimum Gasteiger partial charge on any atom is -0.497 e. The maximum Gasteiger partial charge on any atom is 0.118 e. The maximum absolute atomic E-state index is 6.25. The average Bonchev–Trinajstić information content (AvgIpc) is 2.48. The highest BCUT2D eigenvalue weighted by atomic mass is 35.5. The van der Waals surface area contributed by atoms with Gasteiger partial charge in [-0.2, -0.15) is 0 Å². The molecule has 1 unspecified atom stereocenters. The topological polar surface area (TPSA) is 21.3 Å². The van der Waals surface area contributed by atoms with Crippen LogP contribution in [-0.2, 0) is 0 Å². The summed E-state index contributed by atoms with van der Waals surface area (Å²) in [5, 5.41) is 4.30.